The summed E-state index contributed by atoms with van der Waals surface area (Å²) in [5.74, 6) is -1.46. The van der Waals surface area contributed by atoms with Crippen molar-refractivity contribution >= 4 is 56.8 Å². The van der Waals surface area contributed by atoms with Gasteiger partial charge < -0.3 is 19.7 Å². The topological polar surface area (TPSA) is 163 Å². The smallest absolute Gasteiger partial charge is 0.309 e. The van der Waals surface area contributed by atoms with Crippen LogP contribution in [0.3, 0.4) is 0 Å². The van der Waals surface area contributed by atoms with E-state index < -0.39 is 5.92 Å². The van der Waals surface area contributed by atoms with E-state index in [1.54, 1.807) is 0 Å². The number of ether oxygens (including phenoxy) is 2. The van der Waals surface area contributed by atoms with Crippen LogP contribution in [0.25, 0.3) is 22.1 Å². The SMILES string of the molecule is CCn1nnc2c(C)c([C@H](c3ccc4c(c3)CN(C(=O)c3c(C)c(C)cc(C)c3C)CC4)[C@H](C)C(=O)OC)ccc21.CCn1nnc2c(C)c([C@H](c3ccc4c(c3)CNCC4)[C@H](C)C(=O)OC)ccc21.Cc1cc(C)c(C)c(C(=O)Cl)c1C. The van der Waals surface area contributed by atoms with Crippen LogP contribution in [0.2, 0.25) is 0 Å². The highest BCUT2D eigenvalue weighted by Crippen LogP contribution is 2.40. The molecule has 0 bridgehead atoms. The zero-order valence-corrected chi connectivity index (χ0v) is 52.1. The van der Waals surface area contributed by atoms with Gasteiger partial charge in [0.1, 0.15) is 11.0 Å². The molecule has 0 aliphatic carbocycles. The molecule has 14 nitrogen and oxygen atoms in total. The summed E-state index contributed by atoms with van der Waals surface area (Å²) in [6.45, 7) is 32.8. The number of nitrogens with zero attached hydrogens (tertiary/aromatic N) is 7. The Morgan fingerprint density at radius 1 is 0.554 bits per heavy atom. The molecular weight excluding hydrogens is 1060 g/mol. The molecular formula is C68H81ClN8O6. The molecule has 0 saturated heterocycles. The van der Waals surface area contributed by atoms with Crippen molar-refractivity contribution in [3.05, 3.63) is 184 Å². The number of hydrogen-bond donors (Lipinski definition) is 1. The third-order valence-electron chi connectivity index (χ3n) is 17.9. The molecule has 0 radical (unpaired) electrons. The number of aromatic nitrogens is 6. The number of amides is 1. The largest absolute Gasteiger partial charge is 0.469 e. The second kappa shape index (κ2) is 25.9. The van der Waals surface area contributed by atoms with Crippen molar-refractivity contribution in [2.75, 3.05) is 27.3 Å². The first kappa shape index (κ1) is 61.5. The van der Waals surface area contributed by atoms with E-state index in [1.807, 2.05) is 82.6 Å². The number of aryl methyl sites for hydroxylation is 8. The molecule has 10 rings (SSSR count). The highest BCUT2D eigenvalue weighted by Gasteiger charge is 2.34. The van der Waals surface area contributed by atoms with Gasteiger partial charge in [-0.05, 0) is 226 Å². The van der Waals surface area contributed by atoms with Gasteiger partial charge in [-0.3, -0.25) is 19.2 Å². The summed E-state index contributed by atoms with van der Waals surface area (Å²) in [5, 5.41) is 20.5. The standard InChI is InChI=1S/C34H40N4O3.C23H28N4O2.C11H13ClO/c1-9-38-29-13-12-28(23(6)32(29)35-36-38)31(24(7)34(40)41-8)26-11-10-25-14-15-37(18-27(25)17-26)33(39)30-21(4)19(2)16-20(3)22(30)5;1-5-27-20-9-8-19(14(2)22(20)25-26-27)21(15(3)23(28)29-4)17-7-6-16-10-11-24-13-18(16)12-17;1-6-5-7(2)9(4)10(8(6)3)11(12)13/h10-13,16-17,24,31H,9,14-15,18H2,1-8H3;6-9,12,15,21,24H,5,10-11,13H2,1-4H3;5H,1-4H3/t24-,31-;15-,21-;/m00./s1. The highest BCUT2D eigenvalue weighted by molar-refractivity contribution is 6.68. The Morgan fingerprint density at radius 2 is 0.988 bits per heavy atom. The summed E-state index contributed by atoms with van der Waals surface area (Å²) in [5.41, 5.74) is 25.3. The third kappa shape index (κ3) is 12.3. The quantitative estimate of drug-likeness (QED) is 0.0915. The summed E-state index contributed by atoms with van der Waals surface area (Å²) in [6.07, 6.45) is 1.84. The van der Waals surface area contributed by atoms with E-state index in [0.717, 1.165) is 150 Å². The molecule has 0 saturated carbocycles. The molecule has 2 aliphatic rings. The van der Waals surface area contributed by atoms with Gasteiger partial charge in [-0.1, -0.05) is 84.9 Å². The average Bonchev–Trinajstić information content (AvgIpc) is 4.04. The number of carbonyl (C=O) groups is 4. The van der Waals surface area contributed by atoms with Crippen LogP contribution in [-0.4, -0.2) is 85.3 Å². The van der Waals surface area contributed by atoms with Crippen molar-refractivity contribution in [3.63, 3.8) is 0 Å². The molecule has 4 atom stereocenters. The van der Waals surface area contributed by atoms with Crippen LogP contribution in [0, 0.1) is 81.1 Å². The normalized spacial score (nSPS) is 14.3. The minimum absolute atomic E-state index is 0.0858. The van der Waals surface area contributed by atoms with Gasteiger partial charge in [0.15, 0.2) is 0 Å². The first-order chi connectivity index (χ1) is 39.6. The van der Waals surface area contributed by atoms with Gasteiger partial charge in [0.2, 0.25) is 0 Å². The molecule has 83 heavy (non-hydrogen) atoms. The van der Waals surface area contributed by atoms with E-state index in [4.69, 9.17) is 21.1 Å². The zero-order valence-electron chi connectivity index (χ0n) is 51.4. The second-order valence-corrected chi connectivity index (χ2v) is 23.0. The lowest BCUT2D eigenvalue weighted by molar-refractivity contribution is -0.146. The Hall–Kier alpha value is -7.55. The van der Waals surface area contributed by atoms with Crippen molar-refractivity contribution in [2.24, 2.45) is 11.8 Å². The molecule has 0 unspecified atom stereocenters. The third-order valence-corrected chi connectivity index (χ3v) is 18.1. The number of carbonyl (C=O) groups excluding carboxylic acids is 4. The van der Waals surface area contributed by atoms with Gasteiger partial charge in [-0.2, -0.15) is 0 Å². The molecule has 15 heteroatoms. The zero-order chi connectivity index (χ0) is 60.3. The van der Waals surface area contributed by atoms with E-state index in [1.165, 1.54) is 30.9 Å². The fourth-order valence-electron chi connectivity index (χ4n) is 12.5. The molecule has 8 aromatic rings. The monoisotopic (exact) mass is 1140 g/mol. The van der Waals surface area contributed by atoms with Gasteiger partial charge in [-0.25, -0.2) is 9.36 Å². The average molecular weight is 1140 g/mol. The number of methoxy groups -OCH3 is 2. The van der Waals surface area contributed by atoms with E-state index in [0.29, 0.717) is 18.7 Å². The van der Waals surface area contributed by atoms with Crippen LogP contribution < -0.4 is 5.32 Å². The number of halogens is 1. The van der Waals surface area contributed by atoms with Crippen molar-refractivity contribution < 1.29 is 28.7 Å². The molecule has 6 aromatic carbocycles. The molecule has 1 amide bonds. The summed E-state index contributed by atoms with van der Waals surface area (Å²) >= 11 is 5.52. The van der Waals surface area contributed by atoms with E-state index in [-0.39, 0.29) is 40.8 Å². The summed E-state index contributed by atoms with van der Waals surface area (Å²) in [7, 11) is 2.89. The minimum atomic E-state index is -0.419. The molecule has 2 aromatic heterocycles. The Bertz CT molecular complexity index is 3750. The summed E-state index contributed by atoms with van der Waals surface area (Å²) < 4.78 is 14.1. The second-order valence-electron chi connectivity index (χ2n) is 22.7. The van der Waals surface area contributed by atoms with Crippen molar-refractivity contribution in [1.29, 1.82) is 0 Å². The lowest BCUT2D eigenvalue weighted by atomic mass is 9.78. The Labute approximate surface area is 494 Å². The maximum Gasteiger partial charge on any atom is 0.309 e. The van der Waals surface area contributed by atoms with E-state index in [9.17, 15) is 19.2 Å². The van der Waals surface area contributed by atoms with Crippen LogP contribution in [-0.2, 0) is 58.1 Å². The van der Waals surface area contributed by atoms with Crippen LogP contribution in [0.1, 0.15) is 160 Å². The van der Waals surface area contributed by atoms with Gasteiger partial charge in [-0.15, -0.1) is 10.2 Å². The van der Waals surface area contributed by atoms with Crippen LogP contribution in [0.4, 0.5) is 0 Å². The van der Waals surface area contributed by atoms with Gasteiger partial charge in [0.05, 0.1) is 37.1 Å². The van der Waals surface area contributed by atoms with Crippen LogP contribution >= 0.6 is 11.6 Å². The lowest BCUT2D eigenvalue weighted by Crippen LogP contribution is -2.37. The Kier molecular flexibility index (Phi) is 19.2. The number of hydrogen-bond acceptors (Lipinski definition) is 11. The predicted molar refractivity (Wildman–Crippen MR) is 330 cm³/mol. The van der Waals surface area contributed by atoms with Crippen LogP contribution in [0.5, 0.6) is 0 Å². The fourth-order valence-corrected chi connectivity index (χ4v) is 12.8. The fraction of sp³-hybridized carbons (Fsp3) is 0.412. The number of benzene rings is 6. The Morgan fingerprint density at radius 3 is 1.42 bits per heavy atom. The number of rotatable bonds is 12. The van der Waals surface area contributed by atoms with E-state index >= 15 is 0 Å². The van der Waals surface area contributed by atoms with Crippen LogP contribution in [0.15, 0.2) is 72.8 Å². The molecule has 0 fully saturated rings. The molecule has 0 spiro atoms. The Balaban J connectivity index is 0.000000185. The minimum Gasteiger partial charge on any atom is -0.469 e. The number of nitrogens with one attached hydrogen (secondary N) is 1. The highest BCUT2D eigenvalue weighted by atomic mass is 35.5. The van der Waals surface area contributed by atoms with Gasteiger partial charge in [0, 0.05) is 55.7 Å². The molecule has 2 aliphatic heterocycles. The summed E-state index contributed by atoms with van der Waals surface area (Å²) in [4.78, 5) is 52.5. The molecule has 1 N–H and O–H groups in total. The summed E-state index contributed by atoms with van der Waals surface area (Å²) in [6, 6.07) is 25.7. The van der Waals surface area contributed by atoms with Gasteiger partial charge in [0.25, 0.3) is 11.1 Å². The first-order valence-corrected chi connectivity index (χ1v) is 29.3. The van der Waals surface area contributed by atoms with Crippen molar-refractivity contribution in [2.45, 2.75) is 148 Å². The molecule has 436 valence electrons. The maximum absolute atomic E-state index is 13.9. The predicted octanol–water partition coefficient (Wildman–Crippen LogP) is 12.8. The number of esters is 2. The lowest BCUT2D eigenvalue weighted by Gasteiger charge is -2.32. The molecule has 4 heterocycles. The van der Waals surface area contributed by atoms with E-state index in [2.05, 4.69) is 127 Å². The number of fused-ring (bicyclic) bond motifs is 4. The van der Waals surface area contributed by atoms with Gasteiger partial charge >= 0.3 is 11.9 Å². The van der Waals surface area contributed by atoms with Crippen molar-refractivity contribution in [1.82, 2.24) is 40.2 Å². The first-order valence-electron chi connectivity index (χ1n) is 29.0. The van der Waals surface area contributed by atoms with Crippen molar-refractivity contribution in [3.8, 4) is 0 Å². The maximum atomic E-state index is 13.9.